The van der Waals surface area contributed by atoms with Crippen LogP contribution in [0.3, 0.4) is 0 Å². The van der Waals surface area contributed by atoms with Gasteiger partial charge in [0.05, 0.1) is 18.8 Å². The summed E-state index contributed by atoms with van der Waals surface area (Å²) in [7, 11) is 0. The molecule has 8 heteroatoms. The van der Waals surface area contributed by atoms with E-state index < -0.39 is 0 Å². The van der Waals surface area contributed by atoms with Crippen LogP contribution in [0.15, 0.2) is 41.1 Å². The Morgan fingerprint density at radius 2 is 1.72 bits per heavy atom. The zero-order valence-electron chi connectivity index (χ0n) is 16.5. The lowest BCUT2D eigenvalue weighted by atomic mass is 10.1. The van der Waals surface area contributed by atoms with Crippen LogP contribution in [0.2, 0.25) is 0 Å². The summed E-state index contributed by atoms with van der Waals surface area (Å²) in [5, 5.41) is 8.88. The summed E-state index contributed by atoms with van der Waals surface area (Å²) in [5.74, 6) is -0.556. The van der Waals surface area contributed by atoms with Gasteiger partial charge in [-0.1, -0.05) is 12.1 Å². The highest BCUT2D eigenvalue weighted by molar-refractivity contribution is 7.08. The topological polar surface area (TPSA) is 87.7 Å². The van der Waals surface area contributed by atoms with Gasteiger partial charge < -0.3 is 20.3 Å². The molecule has 0 aliphatic carbocycles. The first-order chi connectivity index (χ1) is 13.9. The fourth-order valence-corrected chi connectivity index (χ4v) is 3.85. The molecule has 1 fully saturated rings. The van der Waals surface area contributed by atoms with E-state index in [2.05, 4.69) is 10.6 Å². The third-order valence-electron chi connectivity index (χ3n) is 4.59. The summed E-state index contributed by atoms with van der Waals surface area (Å²) < 4.78 is 5.67. The maximum atomic E-state index is 12.7. The van der Waals surface area contributed by atoms with Gasteiger partial charge in [-0.15, -0.1) is 0 Å². The molecule has 1 aliphatic rings. The van der Waals surface area contributed by atoms with Crippen LogP contribution >= 0.6 is 11.3 Å². The lowest BCUT2D eigenvalue weighted by Crippen LogP contribution is -2.48. The average Bonchev–Trinajstić information content (AvgIpc) is 3.24. The molecule has 2 atom stereocenters. The van der Waals surface area contributed by atoms with Gasteiger partial charge in [0.15, 0.2) is 0 Å². The van der Waals surface area contributed by atoms with Crippen LogP contribution in [-0.2, 0) is 16.1 Å². The van der Waals surface area contributed by atoms with E-state index in [0.29, 0.717) is 30.8 Å². The predicted octanol–water partition coefficient (Wildman–Crippen LogP) is 2.04. The molecule has 0 saturated carbocycles. The molecule has 1 aliphatic heterocycles. The highest BCUT2D eigenvalue weighted by atomic mass is 32.1. The minimum atomic E-state index is -0.273. The highest BCUT2D eigenvalue weighted by Gasteiger charge is 2.26. The number of carbonyl (C=O) groups is 3. The van der Waals surface area contributed by atoms with E-state index in [4.69, 9.17) is 4.74 Å². The Morgan fingerprint density at radius 1 is 1.03 bits per heavy atom. The first kappa shape index (κ1) is 21.0. The zero-order chi connectivity index (χ0) is 20.8. The van der Waals surface area contributed by atoms with Gasteiger partial charge in [0.25, 0.3) is 11.8 Å². The number of hydrogen-bond acceptors (Lipinski definition) is 5. The zero-order valence-corrected chi connectivity index (χ0v) is 17.3. The monoisotopic (exact) mass is 415 g/mol. The van der Waals surface area contributed by atoms with E-state index in [-0.39, 0.29) is 36.5 Å². The fraction of sp³-hybridized carbons (Fsp3) is 0.381. The maximum absolute atomic E-state index is 12.7. The first-order valence-electron chi connectivity index (χ1n) is 9.53. The van der Waals surface area contributed by atoms with E-state index in [1.165, 1.54) is 11.3 Å². The molecular formula is C21H25N3O4S. The molecule has 2 heterocycles. The van der Waals surface area contributed by atoms with Gasteiger partial charge in [-0.3, -0.25) is 14.4 Å². The molecule has 7 nitrogen and oxygen atoms in total. The van der Waals surface area contributed by atoms with E-state index in [0.717, 1.165) is 5.56 Å². The van der Waals surface area contributed by atoms with Crippen LogP contribution in [0.5, 0.6) is 0 Å². The Balaban J connectivity index is 1.45. The number of amides is 3. The van der Waals surface area contributed by atoms with Gasteiger partial charge in [-0.05, 0) is 43.0 Å². The van der Waals surface area contributed by atoms with Crippen molar-refractivity contribution in [2.45, 2.75) is 32.6 Å². The normalized spacial score (nSPS) is 18.9. The molecule has 1 aromatic heterocycles. The Bertz CT molecular complexity index is 841. The minimum Gasteiger partial charge on any atom is -0.372 e. The van der Waals surface area contributed by atoms with Crippen molar-refractivity contribution in [2.24, 2.45) is 0 Å². The van der Waals surface area contributed by atoms with Crippen LogP contribution in [0, 0.1) is 0 Å². The molecule has 3 rings (SSSR count). The number of hydrogen-bond donors (Lipinski definition) is 2. The second kappa shape index (κ2) is 9.67. The van der Waals surface area contributed by atoms with E-state index in [1.54, 1.807) is 23.6 Å². The molecule has 1 aromatic carbocycles. The van der Waals surface area contributed by atoms with Crippen molar-refractivity contribution >= 4 is 29.1 Å². The minimum absolute atomic E-state index is 0.0151. The number of carbonyl (C=O) groups excluding carboxylic acids is 3. The quantitative estimate of drug-likeness (QED) is 0.756. The van der Waals surface area contributed by atoms with Gasteiger partial charge in [-0.25, -0.2) is 0 Å². The molecule has 2 N–H and O–H groups in total. The summed E-state index contributed by atoms with van der Waals surface area (Å²) in [4.78, 5) is 38.3. The number of benzene rings is 1. The standard InChI is InChI=1S/C21H25N3O4S/c1-14-11-24(12-15(2)28-14)21(27)17-5-3-16(4-6-17)9-22-19(25)10-23-20(26)18-7-8-29-13-18/h3-8,13-15H,9-12H2,1-2H3,(H,22,25)(H,23,26). The van der Waals surface area contributed by atoms with Crippen LogP contribution in [-0.4, -0.2) is 54.5 Å². The fourth-order valence-electron chi connectivity index (χ4n) is 3.21. The molecule has 0 spiro atoms. The van der Waals surface area contributed by atoms with Crippen LogP contribution in [0.1, 0.15) is 40.1 Å². The number of morpholine rings is 1. The average molecular weight is 416 g/mol. The molecule has 29 heavy (non-hydrogen) atoms. The highest BCUT2D eigenvalue weighted by Crippen LogP contribution is 2.15. The summed E-state index contributed by atoms with van der Waals surface area (Å²) >= 11 is 1.43. The Hall–Kier alpha value is -2.71. The van der Waals surface area contributed by atoms with E-state index in [1.807, 2.05) is 36.3 Å². The van der Waals surface area contributed by atoms with Crippen molar-refractivity contribution in [1.82, 2.24) is 15.5 Å². The predicted molar refractivity (Wildman–Crippen MR) is 111 cm³/mol. The number of ether oxygens (including phenoxy) is 1. The van der Waals surface area contributed by atoms with Crippen molar-refractivity contribution in [2.75, 3.05) is 19.6 Å². The van der Waals surface area contributed by atoms with Gasteiger partial charge in [0.1, 0.15) is 0 Å². The Labute approximate surface area is 174 Å². The number of thiophene rings is 1. The van der Waals surface area contributed by atoms with Crippen LogP contribution in [0.25, 0.3) is 0 Å². The molecule has 0 bridgehead atoms. The van der Waals surface area contributed by atoms with Gasteiger partial charge in [0, 0.05) is 36.1 Å². The van der Waals surface area contributed by atoms with Crippen molar-refractivity contribution in [3.05, 3.63) is 57.8 Å². The molecule has 1 saturated heterocycles. The lowest BCUT2D eigenvalue weighted by molar-refractivity contribution is -0.120. The summed E-state index contributed by atoms with van der Waals surface area (Å²) in [6, 6.07) is 8.90. The van der Waals surface area contributed by atoms with E-state index in [9.17, 15) is 14.4 Å². The lowest BCUT2D eigenvalue weighted by Gasteiger charge is -2.35. The largest absolute Gasteiger partial charge is 0.372 e. The number of nitrogens with zero attached hydrogens (tertiary/aromatic N) is 1. The van der Waals surface area contributed by atoms with Crippen LogP contribution < -0.4 is 10.6 Å². The molecule has 3 amide bonds. The Morgan fingerprint density at radius 3 is 2.34 bits per heavy atom. The Kier molecular flexibility index (Phi) is 7.00. The maximum Gasteiger partial charge on any atom is 0.254 e. The smallest absolute Gasteiger partial charge is 0.254 e. The SMILES string of the molecule is CC1CN(C(=O)c2ccc(CNC(=O)CNC(=O)c3ccsc3)cc2)CC(C)O1. The van der Waals surface area contributed by atoms with Crippen molar-refractivity contribution in [1.29, 1.82) is 0 Å². The van der Waals surface area contributed by atoms with Crippen molar-refractivity contribution in [3.63, 3.8) is 0 Å². The van der Waals surface area contributed by atoms with Crippen molar-refractivity contribution in [3.8, 4) is 0 Å². The molecule has 2 unspecified atom stereocenters. The molecular weight excluding hydrogens is 390 g/mol. The molecule has 0 radical (unpaired) electrons. The second-order valence-corrected chi connectivity index (χ2v) is 7.92. The third kappa shape index (κ3) is 5.88. The molecule has 154 valence electrons. The molecule has 2 aromatic rings. The van der Waals surface area contributed by atoms with Gasteiger partial charge >= 0.3 is 0 Å². The second-order valence-electron chi connectivity index (χ2n) is 7.14. The van der Waals surface area contributed by atoms with Gasteiger partial charge in [0.2, 0.25) is 5.91 Å². The van der Waals surface area contributed by atoms with E-state index >= 15 is 0 Å². The van der Waals surface area contributed by atoms with Crippen molar-refractivity contribution < 1.29 is 19.1 Å². The third-order valence-corrected chi connectivity index (χ3v) is 5.27. The number of nitrogens with one attached hydrogen (secondary N) is 2. The summed E-state index contributed by atoms with van der Waals surface area (Å²) in [6.45, 7) is 5.33. The number of rotatable bonds is 6. The summed E-state index contributed by atoms with van der Waals surface area (Å²) in [5.41, 5.74) is 2.04. The summed E-state index contributed by atoms with van der Waals surface area (Å²) in [6.07, 6.45) is 0.0508. The first-order valence-corrected chi connectivity index (χ1v) is 10.5. The van der Waals surface area contributed by atoms with Gasteiger partial charge in [-0.2, -0.15) is 11.3 Å². The van der Waals surface area contributed by atoms with Crippen LogP contribution in [0.4, 0.5) is 0 Å².